The predicted octanol–water partition coefficient (Wildman–Crippen LogP) is 4.40. The molecule has 0 saturated carbocycles. The molecular weight excluding hydrogens is 524 g/mol. The minimum absolute atomic E-state index is 0. The van der Waals surface area contributed by atoms with Crippen molar-refractivity contribution in [3.63, 3.8) is 0 Å². The number of methoxy groups -OCH3 is 4. The zero-order chi connectivity index (χ0) is 23.7. The van der Waals surface area contributed by atoms with Gasteiger partial charge in [-0.15, -0.1) is 17.7 Å². The largest absolute Gasteiger partial charge is 0.523 e. The molecule has 3 rings (SSSR count). The molecule has 0 aliphatic heterocycles. The summed E-state index contributed by atoms with van der Waals surface area (Å²) >= 11 is 0. The van der Waals surface area contributed by atoms with Crippen molar-refractivity contribution in [2.45, 2.75) is 12.8 Å². The number of benzene rings is 2. The van der Waals surface area contributed by atoms with E-state index in [9.17, 15) is 9.36 Å². The van der Waals surface area contributed by atoms with Crippen LogP contribution in [-0.4, -0.2) is 48.4 Å². The summed E-state index contributed by atoms with van der Waals surface area (Å²) in [6.07, 6.45) is 3.58. The van der Waals surface area contributed by atoms with Crippen molar-refractivity contribution in [1.82, 2.24) is 0 Å². The summed E-state index contributed by atoms with van der Waals surface area (Å²) in [5, 5.41) is 0. The average molecular weight is 552 g/mol. The first-order valence-electron chi connectivity index (χ1n) is 9.70. The van der Waals surface area contributed by atoms with E-state index < -0.39 is 8.25 Å². The van der Waals surface area contributed by atoms with Gasteiger partial charge in [-0.1, -0.05) is 6.08 Å². The Morgan fingerprint density at radius 1 is 0.909 bits per heavy atom. The first kappa shape index (κ1) is 29.3. The molecule has 0 aromatic heterocycles. The molecule has 0 N–H and O–H groups in total. The molecule has 0 atom stereocenters. The first-order valence-corrected chi connectivity index (χ1v) is 10.9. The number of hydrogen-bond acceptors (Lipinski definition) is 8. The zero-order valence-electron chi connectivity index (χ0n) is 19.6. The van der Waals surface area contributed by atoms with E-state index in [4.69, 9.17) is 18.9 Å². The van der Waals surface area contributed by atoms with Gasteiger partial charge in [-0.3, -0.25) is 9.36 Å². The number of Topliss-reactive ketones (excluding diaryl/α,β-unsaturated/α-hetero) is 1. The second-order valence-electron chi connectivity index (χ2n) is 6.48. The van der Waals surface area contributed by atoms with Gasteiger partial charge in [0.25, 0.3) is 0 Å². The van der Waals surface area contributed by atoms with Gasteiger partial charge in [-0.2, -0.15) is 11.6 Å². The topological polar surface area (TPSA) is 89.5 Å². The van der Waals surface area contributed by atoms with Gasteiger partial charge in [0.15, 0.2) is 17.3 Å². The third kappa shape index (κ3) is 7.39. The van der Waals surface area contributed by atoms with Crippen LogP contribution >= 0.6 is 8.25 Å². The van der Waals surface area contributed by atoms with Crippen LogP contribution in [-0.2, 0) is 52.7 Å². The van der Waals surface area contributed by atoms with Crippen LogP contribution in [0.4, 0.5) is 0 Å². The maximum Gasteiger partial charge on any atom is 0.318 e. The maximum absolute atomic E-state index is 13.2. The molecule has 1 aliphatic carbocycles. The molecule has 1 aliphatic rings. The van der Waals surface area contributed by atoms with Gasteiger partial charge in [-0.05, 0) is 30.5 Å². The number of allylic oxidation sites excluding steroid dienone is 2. The van der Waals surface area contributed by atoms with Crippen LogP contribution < -0.4 is 18.9 Å². The fourth-order valence-electron chi connectivity index (χ4n) is 3.22. The van der Waals surface area contributed by atoms with E-state index in [-0.39, 0.29) is 38.5 Å². The van der Waals surface area contributed by atoms with Gasteiger partial charge >= 0.3 is 8.25 Å². The number of carbonyl (C=O) groups is 1. The quantitative estimate of drug-likeness (QED) is 0.271. The molecule has 0 unspecified atom stereocenters. The molecule has 177 valence electrons. The summed E-state index contributed by atoms with van der Waals surface area (Å²) in [6.45, 7) is 0. The smallest absolute Gasteiger partial charge is 0.318 e. The summed E-state index contributed by atoms with van der Waals surface area (Å²) in [5.41, 5.74) is 3.01. The van der Waals surface area contributed by atoms with E-state index in [0.717, 1.165) is 24.0 Å². The van der Waals surface area contributed by atoms with E-state index in [0.29, 0.717) is 34.1 Å². The van der Waals surface area contributed by atoms with Crippen molar-refractivity contribution in [2.75, 3.05) is 42.7 Å². The fraction of sp³-hybridized carbons (Fsp3) is 0.348. The second kappa shape index (κ2) is 14.5. The summed E-state index contributed by atoms with van der Waals surface area (Å²) < 4.78 is 39.6. The molecule has 0 bridgehead atoms. The Kier molecular flexibility index (Phi) is 12.9. The van der Waals surface area contributed by atoms with E-state index in [2.05, 4.69) is 15.1 Å². The van der Waals surface area contributed by atoms with Crippen LogP contribution in [0.2, 0.25) is 0 Å². The van der Waals surface area contributed by atoms with Crippen molar-refractivity contribution in [1.29, 1.82) is 0 Å². The maximum atomic E-state index is 13.2. The Morgan fingerprint density at radius 2 is 1.52 bits per heavy atom. The van der Waals surface area contributed by atoms with E-state index in [1.165, 1.54) is 35.5 Å². The van der Waals surface area contributed by atoms with E-state index >= 15 is 0 Å². The van der Waals surface area contributed by atoms with Crippen LogP contribution in [0.5, 0.6) is 23.0 Å². The molecule has 1 radical (unpaired) electrons. The number of rotatable bonds is 8. The van der Waals surface area contributed by atoms with Crippen LogP contribution in [0.1, 0.15) is 27.9 Å². The van der Waals surface area contributed by atoms with Gasteiger partial charge in [0.05, 0.1) is 28.4 Å². The minimum Gasteiger partial charge on any atom is -0.523 e. The molecular formula is C23H28O8PY-. The summed E-state index contributed by atoms with van der Waals surface area (Å²) in [7, 11) is 6.76. The van der Waals surface area contributed by atoms with Crippen LogP contribution in [0.25, 0.3) is 5.57 Å². The van der Waals surface area contributed by atoms with Gasteiger partial charge < -0.3 is 28.0 Å². The van der Waals surface area contributed by atoms with Gasteiger partial charge in [0, 0.05) is 58.2 Å². The van der Waals surface area contributed by atoms with Crippen LogP contribution in [0.15, 0.2) is 30.3 Å². The third-order valence-corrected chi connectivity index (χ3v) is 5.43. The molecule has 0 spiro atoms. The van der Waals surface area contributed by atoms with Crippen molar-refractivity contribution in [3.05, 3.63) is 53.1 Å². The molecule has 8 nitrogen and oxygen atoms in total. The average Bonchev–Trinajstić information content (AvgIpc) is 2.86. The van der Waals surface area contributed by atoms with Gasteiger partial charge in [0.1, 0.15) is 0 Å². The monoisotopic (exact) mass is 552 g/mol. The Bertz CT molecular complexity index is 975. The molecule has 33 heavy (non-hydrogen) atoms. The Labute approximate surface area is 220 Å². The summed E-state index contributed by atoms with van der Waals surface area (Å²) in [4.78, 5) is 13.2. The third-order valence-electron chi connectivity index (χ3n) is 4.76. The van der Waals surface area contributed by atoms with E-state index in [1.54, 1.807) is 19.2 Å². The fourth-order valence-corrected chi connectivity index (χ4v) is 3.39. The standard InChI is InChI=1S/C21H21O5.C2H7O3P.Y/c1-23-15-8-9-16-13(10-15)6-5-7-17(16)20(22)14-11-18(24-2)21(26-4)19(12-14)25-3;1-4-6(3)5-2;/h7-9,11-12H,5-6H2,1-4H3;6H,1-2H3;/q-1;;. The molecule has 2 aromatic carbocycles. The molecule has 0 heterocycles. The number of carbonyl (C=O) groups excluding carboxylic acids is 1. The summed E-state index contributed by atoms with van der Waals surface area (Å²) in [5.74, 6) is 1.94. The number of fused-ring (bicyclic) bond motifs is 1. The number of hydrogen-bond donors (Lipinski definition) is 0. The van der Waals surface area contributed by atoms with Crippen molar-refractivity contribution in [3.8, 4) is 23.0 Å². The van der Waals surface area contributed by atoms with Crippen molar-refractivity contribution >= 4 is 19.6 Å². The van der Waals surface area contributed by atoms with Crippen molar-refractivity contribution in [2.24, 2.45) is 0 Å². The van der Waals surface area contributed by atoms with Crippen LogP contribution in [0.3, 0.4) is 0 Å². The van der Waals surface area contributed by atoms with E-state index in [1.807, 2.05) is 18.2 Å². The van der Waals surface area contributed by atoms with Crippen LogP contribution in [0, 0.1) is 6.07 Å². The molecule has 0 saturated heterocycles. The second-order valence-corrected chi connectivity index (χ2v) is 7.79. The SMILES string of the molecule is CO[PH](=O)OC.COc1[c-]c2c(cc1)C(C(=O)c1cc(OC)c(OC)c(OC)c1)=CCC2.[Y]. The predicted molar refractivity (Wildman–Crippen MR) is 122 cm³/mol. The molecule has 10 heteroatoms. The molecule has 0 amide bonds. The number of aryl methyl sites for hydroxylation is 1. The van der Waals surface area contributed by atoms with Crippen molar-refractivity contribution < 1.29 is 70.1 Å². The number of ether oxygens (including phenoxy) is 4. The zero-order valence-corrected chi connectivity index (χ0v) is 23.5. The Hall–Kier alpha value is -1.70. The van der Waals surface area contributed by atoms with Gasteiger partial charge in [0.2, 0.25) is 5.75 Å². The Morgan fingerprint density at radius 3 is 1.97 bits per heavy atom. The summed E-state index contributed by atoms with van der Waals surface area (Å²) in [6, 6.07) is 10.3. The normalized spacial score (nSPS) is 11.8. The molecule has 2 aromatic rings. The minimum atomic E-state index is -2.12. The Balaban J connectivity index is 0.000000691. The molecule has 0 fully saturated rings. The van der Waals surface area contributed by atoms with Gasteiger partial charge in [-0.25, -0.2) is 0 Å². The first-order chi connectivity index (χ1) is 15.4. The number of ketones is 1.